The summed E-state index contributed by atoms with van der Waals surface area (Å²) in [7, 11) is 0. The zero-order valence-electron chi connectivity index (χ0n) is 9.45. The molecule has 2 heteroatoms. The molecule has 2 nitrogen and oxygen atoms in total. The summed E-state index contributed by atoms with van der Waals surface area (Å²) in [4.78, 5) is 0. The highest BCUT2D eigenvalue weighted by atomic mass is 16.7. The van der Waals surface area contributed by atoms with E-state index in [-0.39, 0.29) is 0 Å². The Balaban J connectivity index is 2.19. The van der Waals surface area contributed by atoms with E-state index in [0.717, 1.165) is 37.2 Å². The molecule has 0 aromatic heterocycles. The predicted octanol–water partition coefficient (Wildman–Crippen LogP) is 3.75. The molecule has 0 N–H and O–H groups in total. The molecule has 0 aliphatic carbocycles. The van der Waals surface area contributed by atoms with Crippen LogP contribution in [0.15, 0.2) is 24.3 Å². The second-order valence-electron chi connectivity index (χ2n) is 4.06. The molecule has 0 saturated carbocycles. The summed E-state index contributed by atoms with van der Waals surface area (Å²) in [6, 6.07) is 7.91. The number of fused-ring (bicyclic) bond motifs is 1. The summed E-state index contributed by atoms with van der Waals surface area (Å²) in [6.45, 7) is 4.32. The van der Waals surface area contributed by atoms with Crippen LogP contribution in [-0.4, -0.2) is 5.79 Å². The van der Waals surface area contributed by atoms with Crippen molar-refractivity contribution in [1.29, 1.82) is 0 Å². The van der Waals surface area contributed by atoms with Crippen molar-refractivity contribution in [2.75, 3.05) is 0 Å². The molecule has 1 aromatic rings. The third-order valence-electron chi connectivity index (χ3n) is 2.70. The van der Waals surface area contributed by atoms with Crippen molar-refractivity contribution in [2.45, 2.75) is 45.3 Å². The first kappa shape index (κ1) is 10.3. The zero-order chi connectivity index (χ0) is 10.7. The van der Waals surface area contributed by atoms with E-state index >= 15 is 0 Å². The van der Waals surface area contributed by atoms with Gasteiger partial charge in [0.25, 0.3) is 5.79 Å². The van der Waals surface area contributed by atoms with Crippen molar-refractivity contribution in [3.8, 4) is 11.5 Å². The highest BCUT2D eigenvalue weighted by Crippen LogP contribution is 2.42. The van der Waals surface area contributed by atoms with E-state index in [4.69, 9.17) is 9.47 Å². The minimum atomic E-state index is -0.396. The van der Waals surface area contributed by atoms with E-state index in [1.165, 1.54) is 0 Å². The third kappa shape index (κ3) is 1.94. The first-order valence-electron chi connectivity index (χ1n) is 5.77. The first-order chi connectivity index (χ1) is 7.29. The topological polar surface area (TPSA) is 18.5 Å². The fourth-order valence-electron chi connectivity index (χ4n) is 2.13. The van der Waals surface area contributed by atoms with Crippen molar-refractivity contribution in [2.24, 2.45) is 0 Å². The second kappa shape index (κ2) is 4.13. The molecule has 0 atom stereocenters. The number of hydrogen-bond donors (Lipinski definition) is 0. The Morgan fingerprint density at radius 3 is 1.80 bits per heavy atom. The largest absolute Gasteiger partial charge is 0.448 e. The lowest BCUT2D eigenvalue weighted by atomic mass is 10.1. The summed E-state index contributed by atoms with van der Waals surface area (Å²) in [5.74, 6) is 1.38. The molecule has 0 bridgehead atoms. The van der Waals surface area contributed by atoms with E-state index in [0.29, 0.717) is 0 Å². The van der Waals surface area contributed by atoms with Crippen LogP contribution < -0.4 is 9.47 Å². The summed E-state index contributed by atoms with van der Waals surface area (Å²) < 4.78 is 11.9. The molecular weight excluding hydrogens is 188 g/mol. The Bertz CT molecular complexity index is 300. The van der Waals surface area contributed by atoms with E-state index in [1.54, 1.807) is 0 Å². The predicted molar refractivity (Wildman–Crippen MR) is 60.2 cm³/mol. The van der Waals surface area contributed by atoms with Gasteiger partial charge in [0.2, 0.25) is 0 Å². The maximum absolute atomic E-state index is 5.95. The van der Waals surface area contributed by atoms with Crippen molar-refractivity contribution in [1.82, 2.24) is 0 Å². The van der Waals surface area contributed by atoms with Crippen LogP contribution in [0.2, 0.25) is 0 Å². The van der Waals surface area contributed by atoms with Gasteiger partial charge >= 0.3 is 0 Å². The standard InChI is InChI=1S/C13H18O2/c1-3-9-13(10-4-2)14-11-7-5-6-8-12(11)15-13/h5-8H,3-4,9-10H2,1-2H3. The third-order valence-corrected chi connectivity index (χ3v) is 2.70. The van der Waals surface area contributed by atoms with Crippen LogP contribution in [0.4, 0.5) is 0 Å². The van der Waals surface area contributed by atoms with Crippen molar-refractivity contribution >= 4 is 0 Å². The monoisotopic (exact) mass is 206 g/mol. The summed E-state index contributed by atoms with van der Waals surface area (Å²) in [5.41, 5.74) is 0. The van der Waals surface area contributed by atoms with Crippen LogP contribution in [0, 0.1) is 0 Å². The highest BCUT2D eigenvalue weighted by molar-refractivity contribution is 5.42. The minimum absolute atomic E-state index is 0.396. The number of para-hydroxylation sites is 2. The molecule has 0 unspecified atom stereocenters. The fourth-order valence-corrected chi connectivity index (χ4v) is 2.13. The summed E-state index contributed by atoms with van der Waals surface area (Å²) in [6.07, 6.45) is 4.06. The van der Waals surface area contributed by atoms with Crippen molar-refractivity contribution in [3.63, 3.8) is 0 Å². The van der Waals surface area contributed by atoms with Crippen molar-refractivity contribution < 1.29 is 9.47 Å². The molecule has 0 fully saturated rings. The number of rotatable bonds is 4. The van der Waals surface area contributed by atoms with Crippen LogP contribution in [0.3, 0.4) is 0 Å². The highest BCUT2D eigenvalue weighted by Gasteiger charge is 2.39. The van der Waals surface area contributed by atoms with Gasteiger partial charge in [-0.3, -0.25) is 0 Å². The molecule has 0 radical (unpaired) electrons. The van der Waals surface area contributed by atoms with Gasteiger partial charge in [0.05, 0.1) is 0 Å². The average molecular weight is 206 g/mol. The fraction of sp³-hybridized carbons (Fsp3) is 0.538. The maximum Gasteiger partial charge on any atom is 0.251 e. The van der Waals surface area contributed by atoms with E-state index in [1.807, 2.05) is 24.3 Å². The van der Waals surface area contributed by atoms with Gasteiger partial charge in [-0.2, -0.15) is 0 Å². The normalized spacial score (nSPS) is 16.7. The summed E-state index contributed by atoms with van der Waals surface area (Å²) >= 11 is 0. The smallest absolute Gasteiger partial charge is 0.251 e. The van der Waals surface area contributed by atoms with Crippen LogP contribution >= 0.6 is 0 Å². The van der Waals surface area contributed by atoms with Gasteiger partial charge in [-0.05, 0) is 25.0 Å². The Hall–Kier alpha value is -1.18. The number of ether oxygens (including phenoxy) is 2. The van der Waals surface area contributed by atoms with Gasteiger partial charge in [0, 0.05) is 12.8 Å². The average Bonchev–Trinajstić information content (AvgIpc) is 2.56. The van der Waals surface area contributed by atoms with Crippen LogP contribution in [0.5, 0.6) is 11.5 Å². The van der Waals surface area contributed by atoms with Crippen molar-refractivity contribution in [3.05, 3.63) is 24.3 Å². The van der Waals surface area contributed by atoms with Gasteiger partial charge in [-0.15, -0.1) is 0 Å². The molecule has 1 aromatic carbocycles. The van der Waals surface area contributed by atoms with Gasteiger partial charge in [-0.25, -0.2) is 0 Å². The van der Waals surface area contributed by atoms with E-state index in [2.05, 4.69) is 13.8 Å². The first-order valence-corrected chi connectivity index (χ1v) is 5.77. The van der Waals surface area contributed by atoms with Gasteiger partial charge in [0.1, 0.15) is 0 Å². The Kier molecular flexibility index (Phi) is 2.85. The van der Waals surface area contributed by atoms with Crippen LogP contribution in [0.1, 0.15) is 39.5 Å². The molecule has 0 spiro atoms. The Morgan fingerprint density at radius 1 is 0.933 bits per heavy atom. The minimum Gasteiger partial charge on any atom is -0.448 e. The lowest BCUT2D eigenvalue weighted by molar-refractivity contribution is -0.0926. The van der Waals surface area contributed by atoms with Gasteiger partial charge < -0.3 is 9.47 Å². The molecular formula is C13H18O2. The van der Waals surface area contributed by atoms with Gasteiger partial charge in [-0.1, -0.05) is 26.0 Å². The van der Waals surface area contributed by atoms with Crippen LogP contribution in [-0.2, 0) is 0 Å². The Morgan fingerprint density at radius 2 is 1.40 bits per heavy atom. The molecule has 0 amide bonds. The molecule has 0 saturated heterocycles. The summed E-state index contributed by atoms with van der Waals surface area (Å²) in [5, 5.41) is 0. The molecule has 1 aliphatic rings. The molecule has 1 heterocycles. The SMILES string of the molecule is CCCC1(CCC)Oc2ccccc2O1. The molecule has 15 heavy (non-hydrogen) atoms. The van der Waals surface area contributed by atoms with Crippen LogP contribution in [0.25, 0.3) is 0 Å². The second-order valence-corrected chi connectivity index (χ2v) is 4.06. The number of hydrogen-bond acceptors (Lipinski definition) is 2. The van der Waals surface area contributed by atoms with Gasteiger partial charge in [0.15, 0.2) is 11.5 Å². The van der Waals surface area contributed by atoms with E-state index < -0.39 is 5.79 Å². The van der Waals surface area contributed by atoms with E-state index in [9.17, 15) is 0 Å². The maximum atomic E-state index is 5.95. The Labute approximate surface area is 91.2 Å². The lowest BCUT2D eigenvalue weighted by Gasteiger charge is -2.26. The zero-order valence-corrected chi connectivity index (χ0v) is 9.45. The molecule has 1 aliphatic heterocycles. The molecule has 2 rings (SSSR count). The molecule has 82 valence electrons. The lowest BCUT2D eigenvalue weighted by Crippen LogP contribution is -2.38. The number of benzene rings is 1. The quantitative estimate of drug-likeness (QED) is 0.746.